The van der Waals surface area contributed by atoms with Crippen LogP contribution in [0.25, 0.3) is 6.08 Å². The average Bonchev–Trinajstić information content (AvgIpc) is 3.37. The van der Waals surface area contributed by atoms with E-state index in [1.165, 1.54) is 11.3 Å². The van der Waals surface area contributed by atoms with Gasteiger partial charge in [0.2, 0.25) is 0 Å². The zero-order valence-electron chi connectivity index (χ0n) is 24.5. The second kappa shape index (κ2) is 15.3. The van der Waals surface area contributed by atoms with Crippen LogP contribution in [0.2, 0.25) is 0 Å². The first-order valence-corrected chi connectivity index (χ1v) is 14.9. The van der Waals surface area contributed by atoms with Crippen LogP contribution in [0.4, 0.5) is 0 Å². The molecule has 2 rings (SSSR count). The molecule has 0 radical (unpaired) electrons. The highest BCUT2D eigenvalue weighted by atomic mass is 32.1. The number of thiazole rings is 1. The molecule has 1 aromatic rings. The quantitative estimate of drug-likeness (QED) is 0.249. The predicted molar refractivity (Wildman–Crippen MR) is 154 cm³/mol. The summed E-state index contributed by atoms with van der Waals surface area (Å²) in [5.41, 5.74) is 1.14. The Morgan fingerprint density at radius 2 is 1.93 bits per heavy atom. The van der Waals surface area contributed by atoms with Gasteiger partial charge in [0.05, 0.1) is 42.4 Å². The fourth-order valence-electron chi connectivity index (χ4n) is 4.91. The Bertz CT molecular complexity index is 1050. The normalized spacial score (nSPS) is 30.7. The van der Waals surface area contributed by atoms with Gasteiger partial charge in [0.15, 0.2) is 0 Å². The molecule has 1 aromatic heterocycles. The minimum Gasteiger partial charge on any atom is -0.457 e. The van der Waals surface area contributed by atoms with Crippen molar-refractivity contribution in [3.05, 3.63) is 33.3 Å². The van der Waals surface area contributed by atoms with Crippen LogP contribution in [0, 0.1) is 17.3 Å². The van der Waals surface area contributed by atoms with Crippen molar-refractivity contribution in [1.29, 1.82) is 0 Å². The molecule has 2 unspecified atom stereocenters. The van der Waals surface area contributed by atoms with Crippen LogP contribution in [0.15, 0.2) is 22.6 Å². The highest BCUT2D eigenvalue weighted by molar-refractivity contribution is 7.09. The molecule has 0 aliphatic carbocycles. The minimum absolute atomic E-state index is 0.0336. The summed E-state index contributed by atoms with van der Waals surface area (Å²) in [7, 11) is 0. The van der Waals surface area contributed by atoms with Crippen molar-refractivity contribution in [3.8, 4) is 0 Å². The molecule has 10 heteroatoms. The number of carbonyl (C=O) groups is 2. The fourth-order valence-corrected chi connectivity index (χ4v) is 5.68. The van der Waals surface area contributed by atoms with E-state index in [-0.39, 0.29) is 24.5 Å². The highest BCUT2D eigenvalue weighted by Crippen LogP contribution is 2.32. The van der Waals surface area contributed by atoms with Gasteiger partial charge in [-0.3, -0.25) is 9.59 Å². The van der Waals surface area contributed by atoms with Crippen LogP contribution in [0.3, 0.4) is 0 Å². The number of ketones is 1. The number of aliphatic hydroxyl groups is 5. The number of allylic oxidation sites excluding steroid dienone is 1. The lowest BCUT2D eigenvalue weighted by atomic mass is 9.73. The van der Waals surface area contributed by atoms with Gasteiger partial charge in [-0.15, -0.1) is 11.3 Å². The molecule has 0 spiro atoms. The minimum atomic E-state index is -1.29. The van der Waals surface area contributed by atoms with Crippen LogP contribution >= 0.6 is 11.3 Å². The Labute approximate surface area is 241 Å². The average molecular weight is 582 g/mol. The monoisotopic (exact) mass is 581 g/mol. The largest absolute Gasteiger partial charge is 0.457 e. The van der Waals surface area contributed by atoms with Crippen molar-refractivity contribution >= 4 is 29.2 Å². The van der Waals surface area contributed by atoms with E-state index >= 15 is 0 Å². The van der Waals surface area contributed by atoms with Gasteiger partial charge in [0.1, 0.15) is 23.0 Å². The van der Waals surface area contributed by atoms with Crippen molar-refractivity contribution < 1.29 is 39.9 Å². The number of Topliss-reactive ketones (excluding diaryl/α,β-unsaturated/α-hetero) is 1. The Morgan fingerprint density at radius 3 is 2.58 bits per heavy atom. The molecule has 0 aromatic carbocycles. The van der Waals surface area contributed by atoms with Gasteiger partial charge in [0, 0.05) is 24.1 Å². The third-order valence-corrected chi connectivity index (χ3v) is 8.90. The fraction of sp³-hybridized carbons (Fsp3) is 0.700. The molecule has 0 saturated heterocycles. The number of aliphatic hydroxyl groups excluding tert-OH is 5. The number of esters is 1. The maximum atomic E-state index is 13.2. The second-order valence-electron chi connectivity index (χ2n) is 11.8. The SMILES string of the molecule is C/C1=C/C[C@@H](/C(C)=C/c2csc(C(O)CC(O)CO)n2)OC(=O)C[C@H](O)C(C)(C)C(=O)[C@H](C)[C@@H](O)[C@@H](C)CCC1. The molecule has 0 amide bonds. The number of ether oxygens (including phenoxy) is 1. The molecular formula is C30H47NO8S. The Balaban J connectivity index is 2.31. The van der Waals surface area contributed by atoms with E-state index in [4.69, 9.17) is 9.84 Å². The number of rotatable bonds is 6. The molecule has 7 atom stereocenters. The Hall–Kier alpha value is -1.95. The van der Waals surface area contributed by atoms with Gasteiger partial charge in [-0.1, -0.05) is 39.3 Å². The third kappa shape index (κ3) is 9.56. The van der Waals surface area contributed by atoms with E-state index in [2.05, 4.69) is 4.98 Å². The summed E-state index contributed by atoms with van der Waals surface area (Å²) in [6.45, 7) is 10.2. The first kappa shape index (κ1) is 34.3. The molecule has 1 aliphatic rings. The number of hydrogen-bond acceptors (Lipinski definition) is 10. The van der Waals surface area contributed by atoms with E-state index in [1.54, 1.807) is 32.2 Å². The summed E-state index contributed by atoms with van der Waals surface area (Å²) in [6.07, 6.45) is 1.38. The molecule has 0 saturated carbocycles. The topological polar surface area (TPSA) is 157 Å². The van der Waals surface area contributed by atoms with Crippen molar-refractivity contribution in [2.24, 2.45) is 17.3 Å². The molecule has 5 N–H and O–H groups in total. The van der Waals surface area contributed by atoms with E-state index in [9.17, 15) is 30.0 Å². The third-order valence-electron chi connectivity index (χ3n) is 7.94. The maximum absolute atomic E-state index is 13.2. The van der Waals surface area contributed by atoms with Gasteiger partial charge in [0.25, 0.3) is 0 Å². The molecule has 0 bridgehead atoms. The first-order valence-electron chi connectivity index (χ1n) is 14.0. The van der Waals surface area contributed by atoms with Crippen LogP contribution in [0.5, 0.6) is 0 Å². The first-order chi connectivity index (χ1) is 18.7. The molecule has 2 heterocycles. The summed E-state index contributed by atoms with van der Waals surface area (Å²) in [4.78, 5) is 30.6. The van der Waals surface area contributed by atoms with Crippen molar-refractivity contribution in [1.82, 2.24) is 4.98 Å². The van der Waals surface area contributed by atoms with Gasteiger partial charge < -0.3 is 30.3 Å². The number of cyclic esters (lactones) is 1. The molecule has 1 aliphatic heterocycles. The maximum Gasteiger partial charge on any atom is 0.309 e. The molecular weight excluding hydrogens is 534 g/mol. The lowest BCUT2D eigenvalue weighted by molar-refractivity contribution is -0.154. The Kier molecular flexibility index (Phi) is 13.1. The molecule has 0 fully saturated rings. The highest BCUT2D eigenvalue weighted by Gasteiger charge is 2.42. The summed E-state index contributed by atoms with van der Waals surface area (Å²) in [5.74, 6) is -1.72. The lowest BCUT2D eigenvalue weighted by Gasteiger charge is -2.34. The van der Waals surface area contributed by atoms with Crippen molar-refractivity contribution in [3.63, 3.8) is 0 Å². The predicted octanol–water partition coefficient (Wildman–Crippen LogP) is 3.73. The van der Waals surface area contributed by atoms with Gasteiger partial charge in [-0.25, -0.2) is 4.98 Å². The van der Waals surface area contributed by atoms with Gasteiger partial charge >= 0.3 is 5.97 Å². The standard InChI is InChI=1S/C30H47NO8S/c1-17-8-7-9-18(2)27(37)20(4)28(38)30(5,6)25(35)14-26(36)39-24(11-10-17)19(3)12-21-16-40-29(31-21)23(34)13-22(33)15-32/h10,12,16,18,20,22-25,27,32-35,37H,7-9,11,13-15H2,1-6H3/b17-10-,19-12+/t18-,20+,22?,23?,24-,25-,27-/m0/s1. The van der Waals surface area contributed by atoms with Crippen molar-refractivity contribution in [2.45, 2.75) is 111 Å². The zero-order chi connectivity index (χ0) is 30.2. The number of nitrogens with zero attached hydrogens (tertiary/aromatic N) is 1. The van der Waals surface area contributed by atoms with E-state index in [0.29, 0.717) is 17.1 Å². The van der Waals surface area contributed by atoms with Gasteiger partial charge in [-0.05, 0) is 50.7 Å². The van der Waals surface area contributed by atoms with Crippen LogP contribution in [0.1, 0.15) is 96.9 Å². The summed E-state index contributed by atoms with van der Waals surface area (Å²) in [6, 6.07) is 0. The number of hydrogen-bond donors (Lipinski definition) is 5. The number of carbonyl (C=O) groups excluding carboxylic acids is 2. The summed E-state index contributed by atoms with van der Waals surface area (Å²) >= 11 is 1.23. The molecule has 226 valence electrons. The van der Waals surface area contributed by atoms with E-state index in [1.807, 2.05) is 26.8 Å². The Morgan fingerprint density at radius 1 is 1.25 bits per heavy atom. The van der Waals surface area contributed by atoms with Crippen LogP contribution in [-0.2, 0) is 14.3 Å². The van der Waals surface area contributed by atoms with Crippen molar-refractivity contribution in [2.75, 3.05) is 6.61 Å². The lowest BCUT2D eigenvalue weighted by Crippen LogP contribution is -2.45. The van der Waals surface area contributed by atoms with E-state index in [0.717, 1.165) is 30.4 Å². The molecule has 40 heavy (non-hydrogen) atoms. The van der Waals surface area contributed by atoms with E-state index < -0.39 is 54.4 Å². The summed E-state index contributed by atoms with van der Waals surface area (Å²) in [5, 5.41) is 52.8. The smallest absolute Gasteiger partial charge is 0.309 e. The van der Waals surface area contributed by atoms with Gasteiger partial charge in [-0.2, -0.15) is 0 Å². The molecule has 9 nitrogen and oxygen atoms in total. The zero-order valence-corrected chi connectivity index (χ0v) is 25.4. The van der Waals surface area contributed by atoms with Crippen LogP contribution in [-0.4, -0.2) is 73.3 Å². The second-order valence-corrected chi connectivity index (χ2v) is 12.7. The number of aromatic nitrogens is 1. The summed E-state index contributed by atoms with van der Waals surface area (Å²) < 4.78 is 5.81. The van der Waals surface area contributed by atoms with Crippen LogP contribution < -0.4 is 0 Å².